The number of piperidine rings is 1. The summed E-state index contributed by atoms with van der Waals surface area (Å²) in [6.07, 6.45) is 7.29. The summed E-state index contributed by atoms with van der Waals surface area (Å²) in [6.45, 7) is 2.65. The Morgan fingerprint density at radius 1 is 1.07 bits per heavy atom. The molecule has 1 heterocycles. The van der Waals surface area contributed by atoms with Crippen LogP contribution in [0.2, 0.25) is 0 Å². The van der Waals surface area contributed by atoms with E-state index in [1.807, 2.05) is 12.1 Å². The summed E-state index contributed by atoms with van der Waals surface area (Å²) in [5, 5.41) is -0.226. The summed E-state index contributed by atoms with van der Waals surface area (Å²) in [5.74, 6) is -0.112. The van der Waals surface area contributed by atoms with Crippen molar-refractivity contribution in [3.63, 3.8) is 0 Å². The van der Waals surface area contributed by atoms with E-state index < -0.39 is 9.84 Å². The zero-order valence-corrected chi connectivity index (χ0v) is 17.2. The second-order valence-corrected chi connectivity index (χ2v) is 10.4. The van der Waals surface area contributed by atoms with Gasteiger partial charge < -0.3 is 9.80 Å². The molecule has 6 heteroatoms. The van der Waals surface area contributed by atoms with Gasteiger partial charge in [-0.15, -0.1) is 0 Å². The average Bonchev–Trinajstić information content (AvgIpc) is 3.23. The molecule has 0 N–H and O–H groups in total. The molecule has 0 atom stereocenters. The molecule has 27 heavy (non-hydrogen) atoms. The number of para-hydroxylation sites is 1. The molecule has 1 amide bonds. The van der Waals surface area contributed by atoms with Gasteiger partial charge in [-0.05, 0) is 43.7 Å². The minimum Gasteiger partial charge on any atom is -0.371 e. The van der Waals surface area contributed by atoms with Crippen LogP contribution in [0.4, 0.5) is 5.69 Å². The van der Waals surface area contributed by atoms with Crippen LogP contribution < -0.4 is 4.90 Å². The highest BCUT2D eigenvalue weighted by Gasteiger charge is 2.29. The fourth-order valence-electron chi connectivity index (χ4n) is 4.27. The number of carbonyl (C=O) groups is 1. The Kier molecular flexibility index (Phi) is 6.79. The maximum atomic E-state index is 12.5. The van der Waals surface area contributed by atoms with Crippen molar-refractivity contribution in [3.8, 4) is 0 Å². The molecule has 2 fully saturated rings. The average molecular weight is 393 g/mol. The smallest absolute Gasteiger partial charge is 0.223 e. The Labute approximate surface area is 163 Å². The van der Waals surface area contributed by atoms with Crippen molar-refractivity contribution in [3.05, 3.63) is 29.8 Å². The molecule has 5 nitrogen and oxygen atoms in total. The quantitative estimate of drug-likeness (QED) is 0.714. The van der Waals surface area contributed by atoms with Crippen LogP contribution in [0.5, 0.6) is 0 Å². The molecule has 0 radical (unpaired) electrons. The predicted octanol–water partition coefficient (Wildman–Crippen LogP) is 3.38. The van der Waals surface area contributed by atoms with Crippen molar-refractivity contribution >= 4 is 21.4 Å². The maximum absolute atomic E-state index is 12.5. The predicted molar refractivity (Wildman–Crippen MR) is 110 cm³/mol. The molecule has 2 aliphatic rings. The Balaban J connectivity index is 1.58. The van der Waals surface area contributed by atoms with Gasteiger partial charge in [0, 0.05) is 38.8 Å². The van der Waals surface area contributed by atoms with Crippen LogP contribution in [0.25, 0.3) is 0 Å². The van der Waals surface area contributed by atoms with E-state index in [-0.39, 0.29) is 23.3 Å². The van der Waals surface area contributed by atoms with Gasteiger partial charge in [0.05, 0.1) is 11.0 Å². The van der Waals surface area contributed by atoms with E-state index >= 15 is 0 Å². The molecule has 1 aromatic rings. The monoisotopic (exact) mass is 392 g/mol. The number of amides is 1. The highest BCUT2D eigenvalue weighted by Crippen LogP contribution is 2.27. The van der Waals surface area contributed by atoms with Crippen LogP contribution in [0.3, 0.4) is 0 Å². The normalized spacial score (nSPS) is 18.6. The van der Waals surface area contributed by atoms with E-state index in [1.54, 1.807) is 11.9 Å². The molecule has 1 saturated heterocycles. The van der Waals surface area contributed by atoms with Crippen molar-refractivity contribution in [1.82, 2.24) is 4.90 Å². The highest BCUT2D eigenvalue weighted by atomic mass is 32.2. The first kappa shape index (κ1) is 20.2. The standard InChI is InChI=1S/C21H32N2O3S/c1-22(21(24)13-16-27(25,26)19-10-4-5-11-19)17-18-9-3-6-12-20(18)23-14-7-2-8-15-23/h3,6,9,12,19H,2,4-5,7-8,10-11,13-17H2,1H3. The van der Waals surface area contributed by atoms with E-state index in [9.17, 15) is 13.2 Å². The van der Waals surface area contributed by atoms with Crippen molar-refractivity contribution in [1.29, 1.82) is 0 Å². The molecule has 1 saturated carbocycles. The number of hydrogen-bond acceptors (Lipinski definition) is 4. The van der Waals surface area contributed by atoms with Gasteiger partial charge in [-0.3, -0.25) is 4.79 Å². The first-order valence-corrected chi connectivity index (χ1v) is 12.0. The van der Waals surface area contributed by atoms with Crippen LogP contribution in [0.1, 0.15) is 56.9 Å². The van der Waals surface area contributed by atoms with Gasteiger partial charge in [-0.1, -0.05) is 31.0 Å². The largest absolute Gasteiger partial charge is 0.371 e. The van der Waals surface area contributed by atoms with Crippen molar-refractivity contribution in [2.24, 2.45) is 0 Å². The molecule has 1 aliphatic carbocycles. The molecule has 0 spiro atoms. The summed E-state index contributed by atoms with van der Waals surface area (Å²) in [7, 11) is -1.37. The number of sulfone groups is 1. The van der Waals surface area contributed by atoms with Gasteiger partial charge in [-0.25, -0.2) is 8.42 Å². The minimum absolute atomic E-state index is 0.0192. The van der Waals surface area contributed by atoms with Crippen LogP contribution in [-0.2, 0) is 21.2 Å². The molecule has 3 rings (SSSR count). The number of benzene rings is 1. The van der Waals surface area contributed by atoms with E-state index in [4.69, 9.17) is 0 Å². The number of rotatable bonds is 7. The van der Waals surface area contributed by atoms with Crippen molar-refractivity contribution < 1.29 is 13.2 Å². The lowest BCUT2D eigenvalue weighted by atomic mass is 10.1. The molecule has 1 aliphatic heterocycles. The lowest BCUT2D eigenvalue weighted by molar-refractivity contribution is -0.130. The van der Waals surface area contributed by atoms with E-state index in [0.29, 0.717) is 6.54 Å². The minimum atomic E-state index is -3.14. The lowest BCUT2D eigenvalue weighted by Crippen LogP contribution is -2.33. The first-order chi connectivity index (χ1) is 13.0. The fourth-order valence-corrected chi connectivity index (χ4v) is 6.11. The Morgan fingerprint density at radius 2 is 1.74 bits per heavy atom. The van der Waals surface area contributed by atoms with Crippen LogP contribution in [0.15, 0.2) is 24.3 Å². The second kappa shape index (κ2) is 9.09. The summed E-state index contributed by atoms with van der Waals surface area (Å²) in [5.41, 5.74) is 2.34. The van der Waals surface area contributed by atoms with Gasteiger partial charge in [0.2, 0.25) is 5.91 Å². The number of anilines is 1. The number of nitrogens with zero attached hydrogens (tertiary/aromatic N) is 2. The lowest BCUT2D eigenvalue weighted by Gasteiger charge is -2.31. The fraction of sp³-hybridized carbons (Fsp3) is 0.667. The number of hydrogen-bond donors (Lipinski definition) is 0. The maximum Gasteiger partial charge on any atom is 0.223 e. The number of carbonyl (C=O) groups excluding carboxylic acids is 1. The first-order valence-electron chi connectivity index (χ1n) is 10.3. The highest BCUT2D eigenvalue weighted by molar-refractivity contribution is 7.92. The Morgan fingerprint density at radius 3 is 2.44 bits per heavy atom. The zero-order valence-electron chi connectivity index (χ0n) is 16.4. The van der Waals surface area contributed by atoms with Gasteiger partial charge in [0.1, 0.15) is 0 Å². The van der Waals surface area contributed by atoms with Crippen LogP contribution >= 0.6 is 0 Å². The summed E-state index contributed by atoms with van der Waals surface area (Å²) in [4.78, 5) is 16.6. The zero-order chi connectivity index (χ0) is 19.3. The summed E-state index contributed by atoms with van der Waals surface area (Å²) in [6, 6.07) is 8.25. The summed E-state index contributed by atoms with van der Waals surface area (Å²) < 4.78 is 24.8. The Hall–Kier alpha value is -1.56. The third-order valence-electron chi connectivity index (χ3n) is 5.93. The third kappa shape index (κ3) is 5.24. The van der Waals surface area contributed by atoms with Gasteiger partial charge in [-0.2, -0.15) is 0 Å². The van der Waals surface area contributed by atoms with E-state index in [2.05, 4.69) is 17.0 Å². The molecule has 0 unspecified atom stereocenters. The Bertz CT molecular complexity index is 736. The van der Waals surface area contributed by atoms with Crippen molar-refractivity contribution in [2.45, 2.75) is 63.2 Å². The molecule has 1 aromatic carbocycles. The van der Waals surface area contributed by atoms with E-state index in [1.165, 1.54) is 24.9 Å². The summed E-state index contributed by atoms with van der Waals surface area (Å²) >= 11 is 0. The third-order valence-corrected chi connectivity index (χ3v) is 8.19. The van der Waals surface area contributed by atoms with Gasteiger partial charge >= 0.3 is 0 Å². The van der Waals surface area contributed by atoms with E-state index in [0.717, 1.165) is 44.3 Å². The molecule has 0 aromatic heterocycles. The molecule has 150 valence electrons. The molecule has 0 bridgehead atoms. The second-order valence-electron chi connectivity index (χ2n) is 7.95. The SMILES string of the molecule is CN(Cc1ccccc1N1CCCCC1)C(=O)CCS(=O)(=O)C1CCCC1. The van der Waals surface area contributed by atoms with Crippen molar-refractivity contribution in [2.75, 3.05) is 30.8 Å². The molecular formula is C21H32N2O3S. The van der Waals surface area contributed by atoms with Gasteiger partial charge in [0.15, 0.2) is 9.84 Å². The van der Waals surface area contributed by atoms with Crippen LogP contribution in [0, 0.1) is 0 Å². The van der Waals surface area contributed by atoms with Crippen LogP contribution in [-0.4, -0.2) is 50.4 Å². The molecular weight excluding hydrogens is 360 g/mol. The van der Waals surface area contributed by atoms with Gasteiger partial charge in [0.25, 0.3) is 0 Å². The topological polar surface area (TPSA) is 57.7 Å².